The number of nitrogens with one attached hydrogen (secondary N) is 1. The minimum atomic E-state index is -0.185. The Balaban J connectivity index is 1.76. The maximum absolute atomic E-state index is 12.9. The van der Waals surface area contributed by atoms with Crippen LogP contribution in [0, 0.1) is 6.92 Å². The van der Waals surface area contributed by atoms with E-state index in [0.717, 1.165) is 23.9 Å². The first-order valence-corrected chi connectivity index (χ1v) is 8.51. The second-order valence-electron chi connectivity index (χ2n) is 6.87. The number of aryl methyl sites for hydroxylation is 4. The molecule has 1 aliphatic carbocycles. The molecule has 128 valence electrons. The standard InChI is InChI=1S/C20H21N3O2/c1-12-10-23(3)20(25)17-15(11-22(2)18(12)17)19(24)21-16-9-8-13-6-4-5-7-14(13)16/h4-7,10-11,16H,8-9H2,1-3H3,(H,21,24). The third kappa shape index (κ3) is 2.38. The number of hydrogen-bond acceptors (Lipinski definition) is 2. The van der Waals surface area contributed by atoms with Crippen LogP contribution in [0.3, 0.4) is 0 Å². The van der Waals surface area contributed by atoms with E-state index in [1.165, 1.54) is 11.1 Å². The summed E-state index contributed by atoms with van der Waals surface area (Å²) in [5.41, 5.74) is 4.58. The number of pyridine rings is 1. The smallest absolute Gasteiger partial charge is 0.260 e. The quantitative estimate of drug-likeness (QED) is 0.783. The number of benzene rings is 1. The summed E-state index contributed by atoms with van der Waals surface area (Å²) in [4.78, 5) is 25.6. The maximum atomic E-state index is 12.9. The van der Waals surface area contributed by atoms with Crippen LogP contribution in [0.25, 0.3) is 10.9 Å². The zero-order valence-corrected chi connectivity index (χ0v) is 14.7. The third-order valence-corrected chi connectivity index (χ3v) is 5.16. The average molecular weight is 335 g/mol. The van der Waals surface area contributed by atoms with Crippen LogP contribution in [0.2, 0.25) is 0 Å². The number of rotatable bonds is 2. The zero-order valence-electron chi connectivity index (χ0n) is 14.7. The SMILES string of the molecule is Cc1cn(C)c(=O)c2c(C(=O)NC3CCc4ccccc43)cn(C)c12. The number of hydrogen-bond donors (Lipinski definition) is 1. The Labute approximate surface area is 145 Å². The first-order chi connectivity index (χ1) is 12.0. The molecule has 0 aliphatic heterocycles. The minimum Gasteiger partial charge on any atom is -0.349 e. The second kappa shape index (κ2) is 5.62. The summed E-state index contributed by atoms with van der Waals surface area (Å²) in [6.07, 6.45) is 5.43. The van der Waals surface area contributed by atoms with Crippen LogP contribution in [0.15, 0.2) is 41.5 Å². The Kier molecular flexibility index (Phi) is 3.53. The van der Waals surface area contributed by atoms with E-state index in [0.29, 0.717) is 10.9 Å². The molecule has 3 aromatic rings. The first-order valence-electron chi connectivity index (χ1n) is 8.51. The Morgan fingerprint density at radius 1 is 1.16 bits per heavy atom. The lowest BCUT2D eigenvalue weighted by Gasteiger charge is -2.13. The van der Waals surface area contributed by atoms with Crippen molar-refractivity contribution in [3.8, 4) is 0 Å². The molecule has 1 N–H and O–H groups in total. The van der Waals surface area contributed by atoms with Gasteiger partial charge in [-0.1, -0.05) is 24.3 Å². The topological polar surface area (TPSA) is 56.0 Å². The van der Waals surface area contributed by atoms with E-state index < -0.39 is 0 Å². The van der Waals surface area contributed by atoms with Crippen molar-refractivity contribution in [3.63, 3.8) is 0 Å². The molecule has 1 aromatic carbocycles. The molecule has 0 radical (unpaired) electrons. The molecule has 1 atom stereocenters. The highest BCUT2D eigenvalue weighted by molar-refractivity contribution is 6.07. The van der Waals surface area contributed by atoms with Crippen LogP contribution in [-0.4, -0.2) is 15.0 Å². The van der Waals surface area contributed by atoms with Gasteiger partial charge in [0.05, 0.1) is 22.5 Å². The minimum absolute atomic E-state index is 0.00705. The Morgan fingerprint density at radius 2 is 1.92 bits per heavy atom. The highest BCUT2D eigenvalue weighted by Gasteiger charge is 2.26. The molecule has 4 rings (SSSR count). The third-order valence-electron chi connectivity index (χ3n) is 5.16. The fourth-order valence-corrected chi connectivity index (χ4v) is 4.02. The molecule has 0 fully saturated rings. The lowest BCUT2D eigenvalue weighted by Crippen LogP contribution is -2.28. The highest BCUT2D eigenvalue weighted by Crippen LogP contribution is 2.31. The molecule has 1 unspecified atom stereocenters. The van der Waals surface area contributed by atoms with Gasteiger partial charge in [0.2, 0.25) is 0 Å². The van der Waals surface area contributed by atoms with Gasteiger partial charge in [0.1, 0.15) is 0 Å². The molecule has 5 heteroatoms. The first kappa shape index (κ1) is 15.7. The van der Waals surface area contributed by atoms with Crippen molar-refractivity contribution in [3.05, 3.63) is 69.3 Å². The Morgan fingerprint density at radius 3 is 2.72 bits per heavy atom. The van der Waals surface area contributed by atoms with Gasteiger partial charge in [-0.15, -0.1) is 0 Å². The molecule has 2 heterocycles. The van der Waals surface area contributed by atoms with E-state index in [9.17, 15) is 9.59 Å². The average Bonchev–Trinajstić information content (AvgIpc) is 3.15. The predicted octanol–water partition coefficient (Wildman–Crippen LogP) is 2.60. The van der Waals surface area contributed by atoms with Gasteiger partial charge in [0.15, 0.2) is 0 Å². The molecule has 0 spiro atoms. The zero-order chi connectivity index (χ0) is 17.7. The van der Waals surface area contributed by atoms with Gasteiger partial charge in [-0.2, -0.15) is 0 Å². The van der Waals surface area contributed by atoms with Gasteiger partial charge in [0, 0.05) is 26.5 Å². The molecule has 0 saturated carbocycles. The number of nitrogens with zero attached hydrogens (tertiary/aromatic N) is 2. The molecule has 1 aliphatic rings. The van der Waals surface area contributed by atoms with Crippen LogP contribution >= 0.6 is 0 Å². The molecular formula is C20H21N3O2. The van der Waals surface area contributed by atoms with Crippen molar-refractivity contribution in [1.29, 1.82) is 0 Å². The maximum Gasteiger partial charge on any atom is 0.260 e. The van der Waals surface area contributed by atoms with Gasteiger partial charge in [-0.05, 0) is 36.5 Å². The van der Waals surface area contributed by atoms with E-state index in [2.05, 4.69) is 17.4 Å². The summed E-state index contributed by atoms with van der Waals surface area (Å²) in [6.45, 7) is 1.96. The van der Waals surface area contributed by atoms with Crippen molar-refractivity contribution in [2.24, 2.45) is 14.1 Å². The van der Waals surface area contributed by atoms with Crippen LogP contribution in [0.1, 0.15) is 39.5 Å². The monoisotopic (exact) mass is 335 g/mol. The van der Waals surface area contributed by atoms with E-state index in [4.69, 9.17) is 0 Å². The van der Waals surface area contributed by atoms with Crippen molar-refractivity contribution < 1.29 is 4.79 Å². The lowest BCUT2D eigenvalue weighted by atomic mass is 10.1. The summed E-state index contributed by atoms with van der Waals surface area (Å²) in [6, 6.07) is 8.21. The summed E-state index contributed by atoms with van der Waals surface area (Å²) in [7, 11) is 3.59. The molecular weight excluding hydrogens is 314 g/mol. The largest absolute Gasteiger partial charge is 0.349 e. The van der Waals surface area contributed by atoms with Crippen LogP contribution in [-0.2, 0) is 20.5 Å². The molecule has 0 saturated heterocycles. The fourth-order valence-electron chi connectivity index (χ4n) is 4.02. The highest BCUT2D eigenvalue weighted by atomic mass is 16.2. The molecule has 1 amide bonds. The summed E-state index contributed by atoms with van der Waals surface area (Å²) in [5, 5.41) is 3.62. The molecule has 2 aromatic heterocycles. The van der Waals surface area contributed by atoms with Crippen LogP contribution < -0.4 is 10.9 Å². The van der Waals surface area contributed by atoms with Crippen LogP contribution in [0.5, 0.6) is 0 Å². The predicted molar refractivity (Wildman–Crippen MR) is 97.9 cm³/mol. The van der Waals surface area contributed by atoms with E-state index in [-0.39, 0.29) is 17.5 Å². The van der Waals surface area contributed by atoms with E-state index >= 15 is 0 Å². The molecule has 0 bridgehead atoms. The van der Waals surface area contributed by atoms with E-state index in [1.807, 2.05) is 30.7 Å². The van der Waals surface area contributed by atoms with Crippen molar-refractivity contribution in [2.45, 2.75) is 25.8 Å². The number of fused-ring (bicyclic) bond motifs is 2. The Bertz CT molecular complexity index is 1060. The van der Waals surface area contributed by atoms with Gasteiger partial charge in [-0.25, -0.2) is 0 Å². The number of amides is 1. The van der Waals surface area contributed by atoms with Crippen LogP contribution in [0.4, 0.5) is 0 Å². The van der Waals surface area contributed by atoms with E-state index in [1.54, 1.807) is 24.0 Å². The lowest BCUT2D eigenvalue weighted by molar-refractivity contribution is 0.0938. The van der Waals surface area contributed by atoms with Crippen molar-refractivity contribution in [2.75, 3.05) is 0 Å². The number of carbonyl (C=O) groups excluding carboxylic acids is 1. The fraction of sp³-hybridized carbons (Fsp3) is 0.300. The molecule has 5 nitrogen and oxygen atoms in total. The van der Waals surface area contributed by atoms with Gasteiger partial charge in [0.25, 0.3) is 11.5 Å². The normalized spacial score (nSPS) is 16.2. The van der Waals surface area contributed by atoms with Gasteiger partial charge in [-0.3, -0.25) is 9.59 Å². The summed E-state index contributed by atoms with van der Waals surface area (Å²) < 4.78 is 3.41. The Hall–Kier alpha value is -2.82. The summed E-state index contributed by atoms with van der Waals surface area (Å²) >= 11 is 0. The molecule has 25 heavy (non-hydrogen) atoms. The number of carbonyl (C=O) groups is 1. The van der Waals surface area contributed by atoms with Crippen molar-refractivity contribution in [1.82, 2.24) is 14.5 Å². The number of aromatic nitrogens is 2. The summed E-state index contributed by atoms with van der Waals surface area (Å²) in [5.74, 6) is -0.185. The second-order valence-corrected chi connectivity index (χ2v) is 6.87. The van der Waals surface area contributed by atoms with Crippen molar-refractivity contribution >= 4 is 16.8 Å². The van der Waals surface area contributed by atoms with Gasteiger partial charge < -0.3 is 14.5 Å². The van der Waals surface area contributed by atoms with Gasteiger partial charge >= 0.3 is 0 Å².